The number of hydrogen-bond acceptors (Lipinski definition) is 1. The highest BCUT2D eigenvalue weighted by molar-refractivity contribution is 7.80. The van der Waals surface area contributed by atoms with Crippen LogP contribution in [-0.4, -0.2) is 24.0 Å². The van der Waals surface area contributed by atoms with Crippen molar-refractivity contribution in [3.8, 4) is 0 Å². The van der Waals surface area contributed by atoms with Crippen LogP contribution < -0.4 is 0 Å². The summed E-state index contributed by atoms with van der Waals surface area (Å²) in [4.78, 5) is 2.82. The Kier molecular flexibility index (Phi) is 6.45. The molecule has 0 unspecified atom stereocenters. The van der Waals surface area contributed by atoms with Crippen LogP contribution in [0.4, 0.5) is 0 Å². The number of thiocarbonyl (C=S) groups is 1. The molecule has 0 rings (SSSR count). The summed E-state index contributed by atoms with van der Waals surface area (Å²) >= 11 is 4.75. The summed E-state index contributed by atoms with van der Waals surface area (Å²) < 4.78 is 0. The lowest BCUT2D eigenvalue weighted by molar-refractivity contribution is 0.632. The van der Waals surface area contributed by atoms with E-state index in [1.807, 2.05) is 25.9 Å². The molecule has 0 bridgehead atoms. The molecule has 0 radical (unpaired) electrons. The quantitative estimate of drug-likeness (QED) is 0.458. The van der Waals surface area contributed by atoms with Crippen molar-refractivity contribution in [3.05, 3.63) is 0 Å². The van der Waals surface area contributed by atoms with Crippen LogP contribution in [0.15, 0.2) is 0 Å². The topological polar surface area (TPSA) is 3.24 Å². The molecule has 0 aromatic carbocycles. The molecule has 0 atom stereocenters. The highest BCUT2D eigenvalue weighted by Gasteiger charge is 1.82. The van der Waals surface area contributed by atoms with Crippen molar-refractivity contribution in [3.63, 3.8) is 0 Å². The van der Waals surface area contributed by atoms with Gasteiger partial charge in [0.25, 0.3) is 0 Å². The maximum Gasteiger partial charge on any atom is 0.0742 e. The van der Waals surface area contributed by atoms with E-state index in [1.165, 1.54) is 0 Å². The molecule has 0 aliphatic heterocycles. The summed E-state index contributed by atoms with van der Waals surface area (Å²) in [6, 6.07) is 0. The van der Waals surface area contributed by atoms with Crippen LogP contribution in [0.3, 0.4) is 0 Å². The SMILES string of the molecule is CC(=S)N(C)C.S. The zero-order chi connectivity index (χ0) is 5.15. The van der Waals surface area contributed by atoms with Crippen LogP contribution in [0.2, 0.25) is 0 Å². The predicted octanol–water partition coefficient (Wildman–Crippen LogP) is 1.01. The lowest BCUT2D eigenvalue weighted by atomic mass is 10.7. The Bertz CT molecular complexity index is 60.7. The van der Waals surface area contributed by atoms with Gasteiger partial charge in [0.1, 0.15) is 0 Å². The van der Waals surface area contributed by atoms with Gasteiger partial charge in [-0.1, -0.05) is 12.2 Å². The molecule has 3 heteroatoms. The average Bonchev–Trinajstić information content (AvgIpc) is 1.36. The standard InChI is InChI=1S/C4H9NS.H2S/c1-4(6)5(2)3;/h1-3H3;1H2. The second-order valence-electron chi connectivity index (χ2n) is 1.41. The summed E-state index contributed by atoms with van der Waals surface area (Å²) in [5.41, 5.74) is 0. The van der Waals surface area contributed by atoms with E-state index >= 15 is 0 Å². The van der Waals surface area contributed by atoms with Gasteiger partial charge in [-0.15, -0.1) is 0 Å². The van der Waals surface area contributed by atoms with Crippen molar-refractivity contribution in [1.82, 2.24) is 4.90 Å². The second-order valence-corrected chi connectivity index (χ2v) is 2.00. The highest BCUT2D eigenvalue weighted by Crippen LogP contribution is 1.75. The zero-order valence-corrected chi connectivity index (χ0v) is 6.67. The van der Waals surface area contributed by atoms with Crippen molar-refractivity contribution in [1.29, 1.82) is 0 Å². The minimum absolute atomic E-state index is 0. The van der Waals surface area contributed by atoms with E-state index in [9.17, 15) is 0 Å². The van der Waals surface area contributed by atoms with Gasteiger partial charge in [0.15, 0.2) is 0 Å². The van der Waals surface area contributed by atoms with Gasteiger partial charge in [-0.25, -0.2) is 0 Å². The minimum atomic E-state index is 0. The predicted molar refractivity (Wildman–Crippen MR) is 42.3 cm³/mol. The normalized spacial score (nSPS) is 6.71. The van der Waals surface area contributed by atoms with Crippen LogP contribution in [0.25, 0.3) is 0 Å². The second kappa shape index (κ2) is 4.40. The van der Waals surface area contributed by atoms with Crippen molar-refractivity contribution >= 4 is 30.7 Å². The third-order valence-electron chi connectivity index (χ3n) is 0.630. The van der Waals surface area contributed by atoms with E-state index in [0.717, 1.165) is 4.99 Å². The molecule has 0 saturated carbocycles. The highest BCUT2D eigenvalue weighted by atomic mass is 32.1. The summed E-state index contributed by atoms with van der Waals surface area (Å²) in [7, 11) is 3.87. The molecular weight excluding hydrogens is 126 g/mol. The Labute approximate surface area is 57.1 Å². The third kappa shape index (κ3) is 6.24. The molecule has 0 aliphatic carbocycles. The molecule has 0 amide bonds. The van der Waals surface area contributed by atoms with Gasteiger partial charge < -0.3 is 4.90 Å². The van der Waals surface area contributed by atoms with E-state index in [-0.39, 0.29) is 13.5 Å². The Morgan fingerprint density at radius 1 is 1.43 bits per heavy atom. The monoisotopic (exact) mass is 137 g/mol. The molecule has 0 saturated heterocycles. The van der Waals surface area contributed by atoms with E-state index in [0.29, 0.717) is 0 Å². The van der Waals surface area contributed by atoms with Gasteiger partial charge in [-0.2, -0.15) is 13.5 Å². The fraction of sp³-hybridized carbons (Fsp3) is 0.750. The fourth-order valence-corrected chi connectivity index (χ4v) is 0. The third-order valence-corrected chi connectivity index (χ3v) is 0.995. The molecular formula is C4H11NS2. The molecule has 0 aromatic rings. The first-order valence-corrected chi connectivity index (χ1v) is 2.23. The van der Waals surface area contributed by atoms with Crippen molar-refractivity contribution in [2.24, 2.45) is 0 Å². The molecule has 7 heavy (non-hydrogen) atoms. The number of hydrogen-bond donors (Lipinski definition) is 0. The molecule has 0 aromatic heterocycles. The van der Waals surface area contributed by atoms with Gasteiger partial charge in [0.2, 0.25) is 0 Å². The Morgan fingerprint density at radius 2 is 1.57 bits per heavy atom. The van der Waals surface area contributed by atoms with Gasteiger partial charge >= 0.3 is 0 Å². The maximum absolute atomic E-state index is 4.75. The van der Waals surface area contributed by atoms with Crippen LogP contribution in [-0.2, 0) is 0 Å². The van der Waals surface area contributed by atoms with Gasteiger partial charge in [-0.3, -0.25) is 0 Å². The lowest BCUT2D eigenvalue weighted by Crippen LogP contribution is -2.15. The molecule has 0 N–H and O–H groups in total. The first-order valence-electron chi connectivity index (χ1n) is 1.82. The van der Waals surface area contributed by atoms with Crippen LogP contribution in [0.1, 0.15) is 6.92 Å². The smallest absolute Gasteiger partial charge is 0.0742 e. The van der Waals surface area contributed by atoms with Crippen molar-refractivity contribution in [2.75, 3.05) is 14.1 Å². The lowest BCUT2D eigenvalue weighted by Gasteiger charge is -2.06. The van der Waals surface area contributed by atoms with Crippen LogP contribution >= 0.6 is 25.7 Å². The fourth-order valence-electron chi connectivity index (χ4n) is 0. The van der Waals surface area contributed by atoms with Crippen LogP contribution in [0.5, 0.6) is 0 Å². The number of rotatable bonds is 0. The zero-order valence-electron chi connectivity index (χ0n) is 4.86. The van der Waals surface area contributed by atoms with E-state index < -0.39 is 0 Å². The molecule has 0 aliphatic rings. The molecule has 0 heterocycles. The van der Waals surface area contributed by atoms with E-state index in [2.05, 4.69) is 0 Å². The Morgan fingerprint density at radius 3 is 1.57 bits per heavy atom. The molecule has 1 nitrogen and oxygen atoms in total. The van der Waals surface area contributed by atoms with Gasteiger partial charge in [0.05, 0.1) is 4.99 Å². The van der Waals surface area contributed by atoms with E-state index in [4.69, 9.17) is 12.2 Å². The maximum atomic E-state index is 4.75. The first-order chi connectivity index (χ1) is 2.64. The molecule has 44 valence electrons. The number of nitrogens with zero attached hydrogens (tertiary/aromatic N) is 1. The largest absolute Gasteiger partial charge is 0.373 e. The summed E-state index contributed by atoms with van der Waals surface area (Å²) in [5, 5.41) is 0. The Hall–Kier alpha value is 0.240. The minimum Gasteiger partial charge on any atom is -0.373 e. The van der Waals surface area contributed by atoms with E-state index in [1.54, 1.807) is 0 Å². The average molecular weight is 137 g/mol. The molecule has 0 spiro atoms. The molecule has 0 fully saturated rings. The summed E-state index contributed by atoms with van der Waals surface area (Å²) in [6.07, 6.45) is 0. The van der Waals surface area contributed by atoms with Crippen molar-refractivity contribution in [2.45, 2.75) is 6.92 Å². The van der Waals surface area contributed by atoms with Gasteiger partial charge in [0, 0.05) is 14.1 Å². The first kappa shape index (κ1) is 10.3. The van der Waals surface area contributed by atoms with Gasteiger partial charge in [-0.05, 0) is 6.92 Å². The van der Waals surface area contributed by atoms with Crippen LogP contribution in [0, 0.1) is 0 Å². The van der Waals surface area contributed by atoms with Crippen molar-refractivity contribution < 1.29 is 0 Å². The summed E-state index contributed by atoms with van der Waals surface area (Å²) in [5.74, 6) is 0. The summed E-state index contributed by atoms with van der Waals surface area (Å²) in [6.45, 7) is 1.90. The Balaban J connectivity index is 0.